The maximum Gasteiger partial charge on any atom is 0.261 e. The molecular formula is C18H24ClN3O3S. The standard InChI is InChI=1S/C18H23N3O3S.ClH/c1-3-13-18(2,19)17(22)20-14-9-11-16(12-10-14)25(23,24)21-15-7-5-4-6-8-15;/h4-12,21H,3,13,19H2,1-2H3,(H,20,22);1H. The Hall–Kier alpha value is -2.09. The molecule has 0 saturated heterocycles. The highest BCUT2D eigenvalue weighted by Gasteiger charge is 2.27. The summed E-state index contributed by atoms with van der Waals surface area (Å²) in [7, 11) is -3.68. The molecule has 4 N–H and O–H groups in total. The molecule has 2 aromatic rings. The maximum atomic E-state index is 12.4. The zero-order valence-corrected chi connectivity index (χ0v) is 16.4. The fourth-order valence-corrected chi connectivity index (χ4v) is 3.40. The minimum Gasteiger partial charge on any atom is -0.325 e. The van der Waals surface area contributed by atoms with Crippen molar-refractivity contribution in [2.75, 3.05) is 10.0 Å². The molecule has 142 valence electrons. The van der Waals surface area contributed by atoms with E-state index in [1.54, 1.807) is 49.4 Å². The van der Waals surface area contributed by atoms with Crippen molar-refractivity contribution in [3.05, 3.63) is 54.6 Å². The van der Waals surface area contributed by atoms with Crippen LogP contribution in [0.1, 0.15) is 26.7 Å². The number of carbonyl (C=O) groups is 1. The molecule has 0 heterocycles. The normalized spacial score (nSPS) is 13.2. The van der Waals surface area contributed by atoms with Gasteiger partial charge in [-0.1, -0.05) is 31.5 Å². The third kappa shape index (κ3) is 5.72. The largest absolute Gasteiger partial charge is 0.325 e. The SMILES string of the molecule is CCCC(C)(N)C(=O)Nc1ccc(S(=O)(=O)Nc2ccccc2)cc1.Cl. The van der Waals surface area contributed by atoms with Gasteiger partial charge in [0, 0.05) is 11.4 Å². The number of hydrogen-bond donors (Lipinski definition) is 3. The lowest BCUT2D eigenvalue weighted by atomic mass is 9.96. The van der Waals surface area contributed by atoms with Crippen LogP contribution in [0.15, 0.2) is 59.5 Å². The van der Waals surface area contributed by atoms with E-state index in [0.29, 0.717) is 17.8 Å². The molecule has 26 heavy (non-hydrogen) atoms. The van der Waals surface area contributed by atoms with Gasteiger partial charge in [0.25, 0.3) is 10.0 Å². The third-order valence-electron chi connectivity index (χ3n) is 3.74. The van der Waals surface area contributed by atoms with Crippen molar-refractivity contribution in [3.8, 4) is 0 Å². The summed E-state index contributed by atoms with van der Waals surface area (Å²) >= 11 is 0. The Balaban J connectivity index is 0.00000338. The smallest absolute Gasteiger partial charge is 0.261 e. The molecule has 0 radical (unpaired) electrons. The number of rotatable bonds is 7. The van der Waals surface area contributed by atoms with Gasteiger partial charge in [0.1, 0.15) is 0 Å². The quantitative estimate of drug-likeness (QED) is 0.666. The summed E-state index contributed by atoms with van der Waals surface area (Å²) in [5.74, 6) is -0.299. The number of nitrogens with two attached hydrogens (primary N) is 1. The minimum atomic E-state index is -3.68. The number of hydrogen-bond acceptors (Lipinski definition) is 4. The Kier molecular flexibility index (Phi) is 7.62. The number of benzene rings is 2. The molecule has 2 rings (SSSR count). The van der Waals surface area contributed by atoms with Crippen LogP contribution in [0.2, 0.25) is 0 Å². The van der Waals surface area contributed by atoms with Crippen LogP contribution >= 0.6 is 12.4 Å². The van der Waals surface area contributed by atoms with Gasteiger partial charge in [0.15, 0.2) is 0 Å². The second-order valence-electron chi connectivity index (χ2n) is 6.12. The van der Waals surface area contributed by atoms with E-state index in [9.17, 15) is 13.2 Å². The average molecular weight is 398 g/mol. The van der Waals surface area contributed by atoms with Gasteiger partial charge in [-0.2, -0.15) is 0 Å². The maximum absolute atomic E-state index is 12.4. The fourth-order valence-electron chi connectivity index (χ4n) is 2.34. The minimum absolute atomic E-state index is 0. The first kappa shape index (κ1) is 22.0. The number of carbonyl (C=O) groups excluding carboxylic acids is 1. The van der Waals surface area contributed by atoms with Crippen molar-refractivity contribution >= 4 is 39.7 Å². The molecule has 1 unspecified atom stereocenters. The Morgan fingerprint density at radius 3 is 2.15 bits per heavy atom. The van der Waals surface area contributed by atoms with Crippen LogP contribution in [0.3, 0.4) is 0 Å². The van der Waals surface area contributed by atoms with E-state index in [4.69, 9.17) is 5.73 Å². The molecule has 1 amide bonds. The highest BCUT2D eigenvalue weighted by molar-refractivity contribution is 7.92. The summed E-state index contributed by atoms with van der Waals surface area (Å²) in [6, 6.07) is 14.6. The predicted molar refractivity (Wildman–Crippen MR) is 107 cm³/mol. The van der Waals surface area contributed by atoms with Gasteiger partial charge in [0.05, 0.1) is 10.4 Å². The molecule has 0 fully saturated rings. The van der Waals surface area contributed by atoms with Crippen LogP contribution in [0, 0.1) is 0 Å². The predicted octanol–water partition coefficient (Wildman–Crippen LogP) is 3.37. The second kappa shape index (κ2) is 9.02. The Morgan fingerprint density at radius 1 is 1.04 bits per heavy atom. The van der Waals surface area contributed by atoms with Crippen LogP contribution in [0.25, 0.3) is 0 Å². The van der Waals surface area contributed by atoms with Gasteiger partial charge >= 0.3 is 0 Å². The summed E-state index contributed by atoms with van der Waals surface area (Å²) in [4.78, 5) is 12.3. The summed E-state index contributed by atoms with van der Waals surface area (Å²) in [5, 5.41) is 2.72. The van der Waals surface area contributed by atoms with E-state index in [1.165, 1.54) is 12.1 Å². The van der Waals surface area contributed by atoms with Gasteiger partial charge in [-0.25, -0.2) is 8.42 Å². The van der Waals surface area contributed by atoms with Gasteiger partial charge in [-0.3, -0.25) is 9.52 Å². The molecule has 0 spiro atoms. The molecule has 8 heteroatoms. The molecule has 0 bridgehead atoms. The highest BCUT2D eigenvalue weighted by Crippen LogP contribution is 2.19. The van der Waals surface area contributed by atoms with Crippen LogP contribution in [-0.2, 0) is 14.8 Å². The zero-order chi connectivity index (χ0) is 18.5. The number of halogens is 1. The van der Waals surface area contributed by atoms with E-state index in [-0.39, 0.29) is 23.2 Å². The van der Waals surface area contributed by atoms with Crippen LogP contribution in [0.4, 0.5) is 11.4 Å². The molecule has 0 aliphatic carbocycles. The lowest BCUT2D eigenvalue weighted by Gasteiger charge is -2.22. The Morgan fingerprint density at radius 2 is 1.62 bits per heavy atom. The Bertz CT molecular complexity index is 823. The first-order chi connectivity index (χ1) is 11.7. The number of nitrogens with one attached hydrogen (secondary N) is 2. The van der Waals surface area contributed by atoms with Crippen molar-refractivity contribution in [3.63, 3.8) is 0 Å². The molecular weight excluding hydrogens is 374 g/mol. The zero-order valence-electron chi connectivity index (χ0n) is 14.7. The average Bonchev–Trinajstić information content (AvgIpc) is 2.56. The molecule has 0 aliphatic rings. The third-order valence-corrected chi connectivity index (χ3v) is 5.13. The lowest BCUT2D eigenvalue weighted by molar-refractivity contribution is -0.120. The van der Waals surface area contributed by atoms with Crippen molar-refractivity contribution in [2.45, 2.75) is 37.1 Å². The van der Waals surface area contributed by atoms with Crippen molar-refractivity contribution in [1.82, 2.24) is 0 Å². The highest BCUT2D eigenvalue weighted by atomic mass is 35.5. The summed E-state index contributed by atoms with van der Waals surface area (Å²) in [6.07, 6.45) is 1.36. The molecule has 2 aromatic carbocycles. The van der Waals surface area contributed by atoms with Crippen LogP contribution in [0.5, 0.6) is 0 Å². The van der Waals surface area contributed by atoms with E-state index in [2.05, 4.69) is 10.0 Å². The first-order valence-corrected chi connectivity index (χ1v) is 9.51. The number of anilines is 2. The number of amides is 1. The first-order valence-electron chi connectivity index (χ1n) is 8.03. The fraction of sp³-hybridized carbons (Fsp3) is 0.278. The number of sulfonamides is 1. The molecule has 6 nitrogen and oxygen atoms in total. The topological polar surface area (TPSA) is 101 Å². The molecule has 1 atom stereocenters. The molecule has 0 saturated carbocycles. The van der Waals surface area contributed by atoms with Gasteiger partial charge in [-0.05, 0) is 49.7 Å². The van der Waals surface area contributed by atoms with Crippen LogP contribution < -0.4 is 15.8 Å². The van der Waals surface area contributed by atoms with E-state index < -0.39 is 15.6 Å². The van der Waals surface area contributed by atoms with Crippen molar-refractivity contribution in [1.29, 1.82) is 0 Å². The second-order valence-corrected chi connectivity index (χ2v) is 7.80. The lowest BCUT2D eigenvalue weighted by Crippen LogP contribution is -2.48. The molecule has 0 aliphatic heterocycles. The summed E-state index contributed by atoms with van der Waals surface area (Å²) in [5.41, 5.74) is 6.00. The van der Waals surface area contributed by atoms with Gasteiger partial charge < -0.3 is 11.1 Å². The molecule has 0 aromatic heterocycles. The monoisotopic (exact) mass is 397 g/mol. The van der Waals surface area contributed by atoms with Crippen molar-refractivity contribution < 1.29 is 13.2 Å². The van der Waals surface area contributed by atoms with Gasteiger partial charge in [0.2, 0.25) is 5.91 Å². The summed E-state index contributed by atoms with van der Waals surface area (Å²) in [6.45, 7) is 3.63. The van der Waals surface area contributed by atoms with E-state index >= 15 is 0 Å². The van der Waals surface area contributed by atoms with Crippen molar-refractivity contribution in [2.24, 2.45) is 5.73 Å². The van der Waals surface area contributed by atoms with Gasteiger partial charge in [-0.15, -0.1) is 12.4 Å². The summed E-state index contributed by atoms with van der Waals surface area (Å²) < 4.78 is 27.2. The van der Waals surface area contributed by atoms with E-state index in [1.807, 2.05) is 6.92 Å². The Labute approximate surface area is 160 Å². The van der Waals surface area contributed by atoms with Crippen LogP contribution in [-0.4, -0.2) is 19.9 Å². The van der Waals surface area contributed by atoms with E-state index in [0.717, 1.165) is 6.42 Å². The number of para-hydroxylation sites is 1.